The number of hydrogen-bond acceptors (Lipinski definition) is 5. The second-order valence-electron chi connectivity index (χ2n) is 8.60. The molecule has 0 unspecified atom stereocenters. The first-order valence-corrected chi connectivity index (χ1v) is 11.0. The normalized spacial score (nSPS) is 20.2. The van der Waals surface area contributed by atoms with E-state index in [1.165, 1.54) is 6.07 Å². The van der Waals surface area contributed by atoms with Crippen LogP contribution < -0.4 is 20.1 Å². The van der Waals surface area contributed by atoms with E-state index in [1.807, 2.05) is 18.2 Å². The molecule has 172 valence electrons. The van der Waals surface area contributed by atoms with Gasteiger partial charge in [0.1, 0.15) is 0 Å². The zero-order valence-corrected chi connectivity index (χ0v) is 18.4. The maximum Gasteiger partial charge on any atom is 0.237 e. The zero-order valence-electron chi connectivity index (χ0n) is 18.4. The Morgan fingerprint density at radius 3 is 2.66 bits per heavy atom. The van der Waals surface area contributed by atoms with E-state index in [0.29, 0.717) is 31.5 Å². The molecule has 1 saturated heterocycles. The van der Waals surface area contributed by atoms with Crippen molar-refractivity contribution in [1.29, 1.82) is 0 Å². The van der Waals surface area contributed by atoms with Crippen LogP contribution in [0.3, 0.4) is 0 Å². The molecule has 1 amide bonds. The van der Waals surface area contributed by atoms with Crippen LogP contribution in [0.15, 0.2) is 36.4 Å². The Bertz CT molecular complexity index is 970. The third-order valence-corrected chi connectivity index (χ3v) is 6.03. The maximum atomic E-state index is 13.4. The fraction of sp³-hybridized carbons (Fsp3) is 0.458. The molecule has 0 aliphatic carbocycles. The molecule has 32 heavy (non-hydrogen) atoms. The number of nitrogens with one attached hydrogen (secondary N) is 2. The molecule has 2 aromatic rings. The van der Waals surface area contributed by atoms with Gasteiger partial charge in [0.15, 0.2) is 23.1 Å². The number of carbonyl (C=O) groups excluding carboxylic acids is 1. The first kappa shape index (κ1) is 22.5. The van der Waals surface area contributed by atoms with E-state index >= 15 is 0 Å². The number of hydrogen-bond donors (Lipinski definition) is 2. The second-order valence-corrected chi connectivity index (χ2v) is 8.60. The molecule has 2 heterocycles. The fourth-order valence-electron chi connectivity index (χ4n) is 4.29. The standard InChI is InChI=1S/C24H29F2N3O3/c1-15(2)29-13-18(28-12-17-3-5-19(25)20(26)9-17)11-21(29)24(30)27-8-7-16-4-6-22-23(10-16)32-14-31-22/h3-6,9-10,15,18,21,28H,7-8,11-14H2,1-2H3,(H,27,30)/t18-,21-/m0/s1. The summed E-state index contributed by atoms with van der Waals surface area (Å²) in [7, 11) is 0. The van der Waals surface area contributed by atoms with E-state index < -0.39 is 11.6 Å². The Morgan fingerprint density at radius 2 is 1.88 bits per heavy atom. The molecule has 4 rings (SSSR count). The van der Waals surface area contributed by atoms with Gasteiger partial charge in [-0.05, 0) is 62.1 Å². The summed E-state index contributed by atoms with van der Waals surface area (Å²) < 4.78 is 37.3. The molecule has 0 bridgehead atoms. The molecule has 6 nitrogen and oxygen atoms in total. The van der Waals surface area contributed by atoms with Gasteiger partial charge in [-0.25, -0.2) is 8.78 Å². The topological polar surface area (TPSA) is 62.8 Å². The SMILES string of the molecule is CC(C)N1C[C@@H](NCc2ccc(F)c(F)c2)C[C@H]1C(=O)NCCc1ccc2c(c1)OCO2. The average Bonchev–Trinajstić information content (AvgIpc) is 3.41. The van der Waals surface area contributed by atoms with Gasteiger partial charge in [-0.15, -0.1) is 0 Å². The van der Waals surface area contributed by atoms with Gasteiger partial charge in [-0.2, -0.15) is 0 Å². The molecule has 8 heteroatoms. The largest absolute Gasteiger partial charge is 0.454 e. The van der Waals surface area contributed by atoms with Crippen molar-refractivity contribution >= 4 is 5.91 Å². The van der Waals surface area contributed by atoms with Crippen LogP contribution in [0, 0.1) is 11.6 Å². The van der Waals surface area contributed by atoms with Gasteiger partial charge in [0, 0.05) is 31.7 Å². The van der Waals surface area contributed by atoms with Crippen molar-refractivity contribution in [1.82, 2.24) is 15.5 Å². The number of ether oxygens (including phenoxy) is 2. The third kappa shape index (κ3) is 5.19. The molecule has 0 radical (unpaired) electrons. The van der Waals surface area contributed by atoms with Crippen molar-refractivity contribution in [2.75, 3.05) is 19.9 Å². The second kappa shape index (κ2) is 9.83. The first-order chi connectivity index (χ1) is 15.4. The van der Waals surface area contributed by atoms with Gasteiger partial charge < -0.3 is 20.1 Å². The Kier molecular flexibility index (Phi) is 6.91. The highest BCUT2D eigenvalue weighted by atomic mass is 19.2. The van der Waals surface area contributed by atoms with Crippen LogP contribution in [0.2, 0.25) is 0 Å². The molecule has 2 atom stereocenters. The maximum absolute atomic E-state index is 13.4. The molecule has 2 aliphatic heterocycles. The lowest BCUT2D eigenvalue weighted by molar-refractivity contribution is -0.126. The third-order valence-electron chi connectivity index (χ3n) is 6.03. The lowest BCUT2D eigenvalue weighted by atomic mass is 10.1. The number of benzene rings is 2. The minimum absolute atomic E-state index is 0.0107. The number of likely N-dealkylation sites (tertiary alicyclic amines) is 1. The Hall–Kier alpha value is -2.71. The number of halogens is 2. The van der Waals surface area contributed by atoms with Crippen molar-refractivity contribution < 1.29 is 23.0 Å². The summed E-state index contributed by atoms with van der Waals surface area (Å²) in [5, 5.41) is 6.45. The molecule has 2 aromatic carbocycles. The quantitative estimate of drug-likeness (QED) is 0.654. The summed E-state index contributed by atoms with van der Waals surface area (Å²) in [6.45, 7) is 6.07. The van der Waals surface area contributed by atoms with Gasteiger partial charge >= 0.3 is 0 Å². The molecule has 0 saturated carbocycles. The van der Waals surface area contributed by atoms with Crippen molar-refractivity contribution in [2.24, 2.45) is 0 Å². The molecule has 2 aliphatic rings. The van der Waals surface area contributed by atoms with Gasteiger partial charge in [-0.3, -0.25) is 9.69 Å². The lowest BCUT2D eigenvalue weighted by Gasteiger charge is -2.27. The van der Waals surface area contributed by atoms with Crippen LogP contribution in [0.5, 0.6) is 11.5 Å². The molecular weight excluding hydrogens is 416 g/mol. The van der Waals surface area contributed by atoms with Gasteiger partial charge in [0.2, 0.25) is 12.7 Å². The summed E-state index contributed by atoms with van der Waals surface area (Å²) in [4.78, 5) is 15.1. The fourth-order valence-corrected chi connectivity index (χ4v) is 4.29. The van der Waals surface area contributed by atoms with Crippen molar-refractivity contribution in [2.45, 2.75) is 51.4 Å². The zero-order chi connectivity index (χ0) is 22.7. The van der Waals surface area contributed by atoms with E-state index in [2.05, 4.69) is 29.4 Å². The average molecular weight is 446 g/mol. The van der Waals surface area contributed by atoms with Crippen LogP contribution in [0.4, 0.5) is 8.78 Å². The minimum atomic E-state index is -0.849. The van der Waals surface area contributed by atoms with Crippen LogP contribution >= 0.6 is 0 Å². The van der Waals surface area contributed by atoms with E-state index in [9.17, 15) is 13.6 Å². The number of amides is 1. The molecule has 0 spiro atoms. The highest BCUT2D eigenvalue weighted by molar-refractivity contribution is 5.82. The Balaban J connectivity index is 1.29. The van der Waals surface area contributed by atoms with Crippen molar-refractivity contribution in [3.05, 3.63) is 59.2 Å². The summed E-state index contributed by atoms with van der Waals surface area (Å²) >= 11 is 0. The van der Waals surface area contributed by atoms with Crippen LogP contribution in [-0.2, 0) is 17.8 Å². The van der Waals surface area contributed by atoms with Crippen LogP contribution in [-0.4, -0.2) is 48.8 Å². The summed E-state index contributed by atoms with van der Waals surface area (Å²) in [5.41, 5.74) is 1.75. The van der Waals surface area contributed by atoms with Crippen molar-refractivity contribution in [3.8, 4) is 11.5 Å². The highest BCUT2D eigenvalue weighted by Gasteiger charge is 2.37. The van der Waals surface area contributed by atoms with E-state index in [1.54, 1.807) is 6.07 Å². The summed E-state index contributed by atoms with van der Waals surface area (Å²) in [6.07, 6.45) is 1.37. The minimum Gasteiger partial charge on any atom is -0.454 e. The van der Waals surface area contributed by atoms with Gasteiger partial charge in [0.05, 0.1) is 6.04 Å². The van der Waals surface area contributed by atoms with Gasteiger partial charge in [-0.1, -0.05) is 12.1 Å². The molecule has 2 N–H and O–H groups in total. The number of fused-ring (bicyclic) bond motifs is 1. The number of carbonyl (C=O) groups is 1. The van der Waals surface area contributed by atoms with Gasteiger partial charge in [0.25, 0.3) is 0 Å². The van der Waals surface area contributed by atoms with Crippen molar-refractivity contribution in [3.63, 3.8) is 0 Å². The summed E-state index contributed by atoms with van der Waals surface area (Å²) in [5.74, 6) is -0.197. The predicted octanol–water partition coefficient (Wildman–Crippen LogP) is 2.99. The van der Waals surface area contributed by atoms with E-state index in [-0.39, 0.29) is 30.8 Å². The highest BCUT2D eigenvalue weighted by Crippen LogP contribution is 2.32. The molecular formula is C24H29F2N3O3. The lowest BCUT2D eigenvalue weighted by Crippen LogP contribution is -2.46. The van der Waals surface area contributed by atoms with E-state index in [4.69, 9.17) is 9.47 Å². The number of nitrogens with zero attached hydrogens (tertiary/aromatic N) is 1. The Morgan fingerprint density at radius 1 is 1.09 bits per heavy atom. The predicted molar refractivity (Wildman–Crippen MR) is 117 cm³/mol. The monoisotopic (exact) mass is 445 g/mol. The van der Waals surface area contributed by atoms with Crippen LogP contribution in [0.1, 0.15) is 31.4 Å². The first-order valence-electron chi connectivity index (χ1n) is 11.0. The van der Waals surface area contributed by atoms with E-state index in [0.717, 1.165) is 29.7 Å². The molecule has 0 aromatic heterocycles. The molecule has 1 fully saturated rings. The smallest absolute Gasteiger partial charge is 0.237 e. The Labute approximate surface area is 186 Å². The summed E-state index contributed by atoms with van der Waals surface area (Å²) in [6, 6.07) is 9.81. The van der Waals surface area contributed by atoms with Crippen LogP contribution in [0.25, 0.3) is 0 Å². The number of rotatable bonds is 8.